The molecule has 0 radical (unpaired) electrons. The first-order valence-corrected chi connectivity index (χ1v) is 11.7. The molecule has 2 aliphatic carbocycles. The number of nitrogens with zero attached hydrogens (tertiary/aromatic N) is 6. The molecule has 6 rings (SSSR count). The van der Waals surface area contributed by atoms with Crippen molar-refractivity contribution >= 4 is 11.6 Å². The normalized spacial score (nSPS) is 17.8. The molecule has 4 aromatic heterocycles. The van der Waals surface area contributed by atoms with Crippen LogP contribution < -0.4 is 9.47 Å². The lowest BCUT2D eigenvalue weighted by Crippen LogP contribution is -2.19. The molecule has 0 aromatic carbocycles. The molecule has 4 heterocycles. The van der Waals surface area contributed by atoms with Crippen LogP contribution in [0.3, 0.4) is 0 Å². The second kappa shape index (κ2) is 9.97. The Balaban J connectivity index is 0.000000135. The van der Waals surface area contributed by atoms with Gasteiger partial charge < -0.3 is 9.47 Å². The quantitative estimate of drug-likeness (QED) is 0.455. The number of hydrogen-bond acceptors (Lipinski definition) is 6. The molecule has 0 spiro atoms. The molecular weight excluding hydrogens is 404 g/mol. The Morgan fingerprint density at radius 1 is 0.594 bits per heavy atom. The Bertz CT molecular complexity index is 1040. The lowest BCUT2D eigenvalue weighted by atomic mass is 9.98. The third-order valence-electron chi connectivity index (χ3n) is 6.15. The van der Waals surface area contributed by atoms with E-state index in [1.165, 1.54) is 64.2 Å². The molecule has 0 atom stereocenters. The predicted octanol–water partition coefficient (Wildman–Crippen LogP) is 4.88. The molecule has 2 saturated carbocycles. The standard InChI is InChI=1S/2C12H15N3O/c2*1-2-4-10(5-3-1)16-11-8-14-12-13-6-7-15(12)9-11/h2*6-10H,1-5H2. The first-order chi connectivity index (χ1) is 15.8. The van der Waals surface area contributed by atoms with Crippen LogP contribution >= 0.6 is 0 Å². The van der Waals surface area contributed by atoms with E-state index >= 15 is 0 Å². The zero-order valence-electron chi connectivity index (χ0n) is 18.3. The van der Waals surface area contributed by atoms with Gasteiger partial charge in [0.2, 0.25) is 11.6 Å². The van der Waals surface area contributed by atoms with Gasteiger partial charge in [-0.1, -0.05) is 12.8 Å². The maximum Gasteiger partial charge on any atom is 0.233 e. The van der Waals surface area contributed by atoms with E-state index in [-0.39, 0.29) is 0 Å². The van der Waals surface area contributed by atoms with Crippen molar-refractivity contribution in [2.24, 2.45) is 0 Å². The Labute approximate surface area is 187 Å². The van der Waals surface area contributed by atoms with Crippen molar-refractivity contribution in [3.63, 3.8) is 0 Å². The molecule has 4 aromatic rings. The summed E-state index contributed by atoms with van der Waals surface area (Å²) in [6, 6.07) is 0. The maximum absolute atomic E-state index is 5.92. The molecule has 8 heteroatoms. The summed E-state index contributed by atoms with van der Waals surface area (Å²) in [4.78, 5) is 16.7. The Morgan fingerprint density at radius 3 is 1.47 bits per heavy atom. The minimum Gasteiger partial charge on any atom is -0.487 e. The van der Waals surface area contributed by atoms with Gasteiger partial charge in [0.05, 0.1) is 37.0 Å². The van der Waals surface area contributed by atoms with Crippen LogP contribution in [0, 0.1) is 0 Å². The van der Waals surface area contributed by atoms with Crippen molar-refractivity contribution in [2.75, 3.05) is 0 Å². The minimum atomic E-state index is 0.372. The number of aromatic nitrogens is 6. The summed E-state index contributed by atoms with van der Waals surface area (Å²) in [7, 11) is 0. The van der Waals surface area contributed by atoms with Gasteiger partial charge in [-0.2, -0.15) is 0 Å². The van der Waals surface area contributed by atoms with Crippen molar-refractivity contribution < 1.29 is 9.47 Å². The average Bonchev–Trinajstić information content (AvgIpc) is 3.49. The van der Waals surface area contributed by atoms with Crippen LogP contribution in [0.25, 0.3) is 11.6 Å². The largest absolute Gasteiger partial charge is 0.487 e. The van der Waals surface area contributed by atoms with Gasteiger partial charge in [0, 0.05) is 24.8 Å². The van der Waals surface area contributed by atoms with Crippen LogP contribution in [0.15, 0.2) is 49.6 Å². The fourth-order valence-electron chi connectivity index (χ4n) is 4.47. The summed E-state index contributed by atoms with van der Waals surface area (Å²) < 4.78 is 15.6. The van der Waals surface area contributed by atoms with Gasteiger partial charge in [-0.3, -0.25) is 8.80 Å². The summed E-state index contributed by atoms with van der Waals surface area (Å²) in [5.74, 6) is 3.13. The highest BCUT2D eigenvalue weighted by Crippen LogP contribution is 2.24. The second-order valence-corrected chi connectivity index (χ2v) is 8.60. The highest BCUT2D eigenvalue weighted by Gasteiger charge is 2.16. The summed E-state index contributed by atoms with van der Waals surface area (Å²) in [6.45, 7) is 0. The third kappa shape index (κ3) is 5.18. The predicted molar refractivity (Wildman–Crippen MR) is 121 cm³/mol. The first kappa shape index (κ1) is 20.7. The van der Waals surface area contributed by atoms with Gasteiger partial charge in [0.25, 0.3) is 0 Å². The maximum atomic E-state index is 5.92. The second-order valence-electron chi connectivity index (χ2n) is 8.60. The van der Waals surface area contributed by atoms with E-state index in [0.717, 1.165) is 23.1 Å². The SMILES string of the molecule is c1cn2cc(OC3CCCCC3)cnc2n1.c1cn2cc(OC3CCCCC3)cnc2n1. The van der Waals surface area contributed by atoms with Crippen LogP contribution in [-0.2, 0) is 0 Å². The van der Waals surface area contributed by atoms with Gasteiger partial charge in [-0.15, -0.1) is 0 Å². The molecule has 0 bridgehead atoms. The number of ether oxygens (including phenoxy) is 2. The number of imidazole rings is 2. The minimum absolute atomic E-state index is 0.372. The molecule has 0 aliphatic heterocycles. The van der Waals surface area contributed by atoms with E-state index in [4.69, 9.17) is 9.47 Å². The lowest BCUT2D eigenvalue weighted by Gasteiger charge is -2.22. The van der Waals surface area contributed by atoms with Crippen LogP contribution in [0.2, 0.25) is 0 Å². The lowest BCUT2D eigenvalue weighted by molar-refractivity contribution is 0.153. The highest BCUT2D eigenvalue weighted by molar-refractivity contribution is 5.31. The molecule has 0 unspecified atom stereocenters. The molecule has 168 valence electrons. The molecule has 2 fully saturated rings. The van der Waals surface area contributed by atoms with Crippen LogP contribution in [0.1, 0.15) is 64.2 Å². The van der Waals surface area contributed by atoms with E-state index < -0.39 is 0 Å². The van der Waals surface area contributed by atoms with Crippen LogP contribution in [0.5, 0.6) is 11.5 Å². The van der Waals surface area contributed by atoms with Gasteiger partial charge in [0.1, 0.15) is 0 Å². The van der Waals surface area contributed by atoms with E-state index in [0.29, 0.717) is 12.2 Å². The monoisotopic (exact) mass is 434 g/mol. The van der Waals surface area contributed by atoms with E-state index in [1.54, 1.807) is 24.8 Å². The molecule has 32 heavy (non-hydrogen) atoms. The highest BCUT2D eigenvalue weighted by atomic mass is 16.5. The molecule has 8 nitrogen and oxygen atoms in total. The van der Waals surface area contributed by atoms with E-state index in [2.05, 4.69) is 19.9 Å². The molecule has 2 aliphatic rings. The number of hydrogen-bond donors (Lipinski definition) is 0. The van der Waals surface area contributed by atoms with Crippen LogP contribution in [0.4, 0.5) is 0 Å². The fourth-order valence-corrected chi connectivity index (χ4v) is 4.47. The number of fused-ring (bicyclic) bond motifs is 2. The molecular formula is C24H30N6O2. The van der Waals surface area contributed by atoms with Gasteiger partial charge in [-0.25, -0.2) is 19.9 Å². The van der Waals surface area contributed by atoms with Crippen molar-refractivity contribution in [3.05, 3.63) is 49.6 Å². The molecule has 0 saturated heterocycles. The topological polar surface area (TPSA) is 78.8 Å². The van der Waals surface area contributed by atoms with Gasteiger partial charge in [-0.05, 0) is 51.4 Å². The molecule has 0 amide bonds. The fraction of sp³-hybridized carbons (Fsp3) is 0.500. The zero-order chi connectivity index (χ0) is 21.6. The average molecular weight is 435 g/mol. The summed E-state index contributed by atoms with van der Waals surface area (Å²) in [5, 5.41) is 0. The van der Waals surface area contributed by atoms with Gasteiger partial charge >= 0.3 is 0 Å². The number of rotatable bonds is 4. The Kier molecular flexibility index (Phi) is 6.46. The third-order valence-corrected chi connectivity index (χ3v) is 6.15. The van der Waals surface area contributed by atoms with Crippen LogP contribution in [-0.4, -0.2) is 40.9 Å². The van der Waals surface area contributed by atoms with Crippen molar-refractivity contribution in [2.45, 2.75) is 76.4 Å². The van der Waals surface area contributed by atoms with Gasteiger partial charge in [0.15, 0.2) is 11.5 Å². The van der Waals surface area contributed by atoms with E-state index in [1.807, 2.05) is 33.6 Å². The van der Waals surface area contributed by atoms with Crippen molar-refractivity contribution in [1.29, 1.82) is 0 Å². The summed E-state index contributed by atoms with van der Waals surface area (Å²) in [5.41, 5.74) is 0. The zero-order valence-corrected chi connectivity index (χ0v) is 18.3. The van der Waals surface area contributed by atoms with Crippen molar-refractivity contribution in [3.8, 4) is 11.5 Å². The Morgan fingerprint density at radius 2 is 1.03 bits per heavy atom. The summed E-state index contributed by atoms with van der Waals surface area (Å²) in [6.07, 6.45) is 27.9. The van der Waals surface area contributed by atoms with E-state index in [9.17, 15) is 0 Å². The van der Waals surface area contributed by atoms with Crippen molar-refractivity contribution in [1.82, 2.24) is 28.7 Å². The smallest absolute Gasteiger partial charge is 0.233 e. The Hall–Kier alpha value is -3.16. The molecule has 0 N–H and O–H groups in total. The first-order valence-electron chi connectivity index (χ1n) is 11.7. The summed E-state index contributed by atoms with van der Waals surface area (Å²) >= 11 is 0.